The van der Waals surface area contributed by atoms with Gasteiger partial charge >= 0.3 is 0 Å². The average Bonchev–Trinajstić information content (AvgIpc) is 3.27. The third-order valence-corrected chi connectivity index (χ3v) is 6.55. The molecule has 0 fully saturated rings. The highest BCUT2D eigenvalue weighted by Crippen LogP contribution is 2.35. The zero-order chi connectivity index (χ0) is 22.3. The maximum atomic E-state index is 12.5. The summed E-state index contributed by atoms with van der Waals surface area (Å²) in [5, 5.41) is 4.01. The molecule has 2 heterocycles. The molecule has 0 unspecified atom stereocenters. The summed E-state index contributed by atoms with van der Waals surface area (Å²) in [4.78, 5) is 25.6. The Balaban J connectivity index is 1.39. The van der Waals surface area contributed by atoms with Crippen molar-refractivity contribution >= 4 is 39.0 Å². The van der Waals surface area contributed by atoms with Crippen molar-refractivity contribution in [2.45, 2.75) is 32.6 Å². The highest BCUT2D eigenvalue weighted by atomic mass is 32.1. The van der Waals surface area contributed by atoms with E-state index >= 15 is 0 Å². The van der Waals surface area contributed by atoms with Crippen molar-refractivity contribution in [3.63, 3.8) is 0 Å². The quantitative estimate of drug-likeness (QED) is 0.336. The summed E-state index contributed by atoms with van der Waals surface area (Å²) in [7, 11) is 1.97. The second-order valence-corrected chi connectivity index (χ2v) is 8.94. The zero-order valence-corrected chi connectivity index (χ0v) is 19.4. The maximum Gasteiger partial charge on any atom is 0.226 e. The fourth-order valence-corrected chi connectivity index (χ4v) is 4.63. The molecule has 1 N–H and O–H groups in total. The number of nitrogens with one attached hydrogen (secondary N) is 1. The Morgan fingerprint density at radius 3 is 2.59 bits per heavy atom. The van der Waals surface area contributed by atoms with Gasteiger partial charge in [0.25, 0.3) is 0 Å². The molecule has 4 rings (SSSR count). The van der Waals surface area contributed by atoms with Gasteiger partial charge in [-0.2, -0.15) is 0 Å². The highest BCUT2D eigenvalue weighted by molar-refractivity contribution is 7.21. The van der Waals surface area contributed by atoms with Gasteiger partial charge in [0.05, 0.1) is 5.39 Å². The molecule has 1 amide bonds. The second kappa shape index (κ2) is 10.4. The normalized spacial score (nSPS) is 10.9. The van der Waals surface area contributed by atoms with E-state index in [1.807, 2.05) is 42.3 Å². The van der Waals surface area contributed by atoms with Crippen LogP contribution in [0.3, 0.4) is 0 Å². The Bertz CT molecular complexity index is 1170. The molecule has 6 heteroatoms. The number of aryl methyl sites for hydroxylation is 1. The average molecular weight is 445 g/mol. The third-order valence-electron chi connectivity index (χ3n) is 5.46. The van der Waals surface area contributed by atoms with Crippen molar-refractivity contribution in [1.82, 2.24) is 9.97 Å². The van der Waals surface area contributed by atoms with Crippen molar-refractivity contribution in [1.29, 1.82) is 0 Å². The minimum absolute atomic E-state index is 0.00116. The lowest BCUT2D eigenvalue weighted by atomic mass is 10.1. The first kappa shape index (κ1) is 22.0. The number of carbonyl (C=O) groups is 1. The van der Waals surface area contributed by atoms with Crippen LogP contribution in [0, 0.1) is 0 Å². The van der Waals surface area contributed by atoms with Crippen LogP contribution in [0.25, 0.3) is 20.7 Å². The first-order valence-electron chi connectivity index (χ1n) is 11.0. The first-order valence-corrected chi connectivity index (χ1v) is 11.9. The molecule has 164 valence electrons. The highest BCUT2D eigenvalue weighted by Gasteiger charge is 2.14. The van der Waals surface area contributed by atoms with E-state index in [4.69, 9.17) is 0 Å². The van der Waals surface area contributed by atoms with Crippen LogP contribution < -0.4 is 10.2 Å². The molecule has 0 saturated carbocycles. The minimum Gasteiger partial charge on any atom is -0.359 e. The predicted molar refractivity (Wildman–Crippen MR) is 134 cm³/mol. The van der Waals surface area contributed by atoms with Crippen LogP contribution in [0.2, 0.25) is 0 Å². The van der Waals surface area contributed by atoms with E-state index in [1.165, 1.54) is 24.0 Å². The van der Waals surface area contributed by atoms with Crippen LogP contribution in [-0.4, -0.2) is 29.5 Å². The van der Waals surface area contributed by atoms with Gasteiger partial charge in [0.2, 0.25) is 5.91 Å². The number of hydrogen-bond acceptors (Lipinski definition) is 5. The molecule has 0 spiro atoms. The molecular weight excluding hydrogens is 416 g/mol. The molecule has 0 aliphatic heterocycles. The molecule has 0 atom stereocenters. The number of fused-ring (bicyclic) bond motifs is 1. The standard InChI is InChI=1S/C26H28N4OS/c1-3-4-8-19-11-13-21(14-12-19)29-24(31)15-16-30(2)25-22-17-23(20-9-6-5-7-10-20)32-26(22)28-18-27-25/h5-7,9-14,17-18H,3-4,8,15-16H2,1-2H3,(H,29,31). The summed E-state index contributed by atoms with van der Waals surface area (Å²) >= 11 is 1.66. The number of thiophene rings is 1. The van der Waals surface area contributed by atoms with Crippen molar-refractivity contribution in [3.8, 4) is 10.4 Å². The number of anilines is 2. The van der Waals surface area contributed by atoms with E-state index in [2.05, 4.69) is 52.5 Å². The Hall–Kier alpha value is -3.25. The first-order chi connectivity index (χ1) is 15.6. The van der Waals surface area contributed by atoms with Crippen LogP contribution in [0.4, 0.5) is 11.5 Å². The summed E-state index contributed by atoms with van der Waals surface area (Å²) in [5.74, 6) is 0.847. The van der Waals surface area contributed by atoms with E-state index in [1.54, 1.807) is 17.7 Å². The smallest absolute Gasteiger partial charge is 0.226 e. The SMILES string of the molecule is CCCCc1ccc(NC(=O)CCN(C)c2ncnc3sc(-c4ccccc4)cc23)cc1. The Morgan fingerprint density at radius 1 is 1.06 bits per heavy atom. The molecule has 0 aliphatic carbocycles. The topological polar surface area (TPSA) is 58.1 Å². The summed E-state index contributed by atoms with van der Waals surface area (Å²) in [6.45, 7) is 2.77. The minimum atomic E-state index is -0.00116. The van der Waals surface area contributed by atoms with Gasteiger partial charge in [-0.15, -0.1) is 11.3 Å². The fraction of sp³-hybridized carbons (Fsp3) is 0.269. The fourth-order valence-electron chi connectivity index (χ4n) is 3.63. The van der Waals surface area contributed by atoms with Gasteiger partial charge in [0, 0.05) is 30.6 Å². The number of amides is 1. The number of unbranched alkanes of at least 4 members (excludes halogenated alkanes) is 1. The van der Waals surface area contributed by atoms with Crippen LogP contribution >= 0.6 is 11.3 Å². The summed E-state index contributed by atoms with van der Waals surface area (Å²) in [6.07, 6.45) is 5.43. The molecular formula is C26H28N4OS. The molecule has 5 nitrogen and oxygen atoms in total. The molecule has 0 saturated heterocycles. The number of nitrogens with zero attached hydrogens (tertiary/aromatic N) is 3. The van der Waals surface area contributed by atoms with Crippen molar-refractivity contribution < 1.29 is 4.79 Å². The van der Waals surface area contributed by atoms with Gasteiger partial charge in [0.15, 0.2) is 0 Å². The Kier molecular flexibility index (Phi) is 7.12. The Morgan fingerprint density at radius 2 is 1.84 bits per heavy atom. The molecule has 2 aromatic heterocycles. The number of benzene rings is 2. The lowest BCUT2D eigenvalue weighted by Crippen LogP contribution is -2.24. The van der Waals surface area contributed by atoms with Gasteiger partial charge in [-0.3, -0.25) is 4.79 Å². The molecule has 0 aliphatic rings. The summed E-state index contributed by atoms with van der Waals surface area (Å²) < 4.78 is 0. The van der Waals surface area contributed by atoms with Crippen LogP contribution in [0.15, 0.2) is 67.0 Å². The number of aromatic nitrogens is 2. The van der Waals surface area contributed by atoms with Gasteiger partial charge in [-0.1, -0.05) is 55.8 Å². The number of rotatable bonds is 9. The van der Waals surface area contributed by atoms with Crippen LogP contribution in [0.5, 0.6) is 0 Å². The van der Waals surface area contributed by atoms with E-state index in [0.717, 1.165) is 33.0 Å². The Labute approximate surface area is 193 Å². The zero-order valence-electron chi connectivity index (χ0n) is 18.5. The van der Waals surface area contributed by atoms with Crippen LogP contribution in [-0.2, 0) is 11.2 Å². The van der Waals surface area contributed by atoms with Crippen molar-refractivity contribution in [3.05, 3.63) is 72.6 Å². The van der Waals surface area contributed by atoms with E-state index in [-0.39, 0.29) is 5.91 Å². The van der Waals surface area contributed by atoms with Gasteiger partial charge in [-0.25, -0.2) is 9.97 Å². The largest absolute Gasteiger partial charge is 0.359 e. The van der Waals surface area contributed by atoms with Crippen molar-refractivity contribution in [2.24, 2.45) is 0 Å². The molecule has 0 bridgehead atoms. The van der Waals surface area contributed by atoms with E-state index in [0.29, 0.717) is 13.0 Å². The van der Waals surface area contributed by atoms with Crippen molar-refractivity contribution in [2.75, 3.05) is 23.8 Å². The molecule has 0 radical (unpaired) electrons. The molecule has 32 heavy (non-hydrogen) atoms. The van der Waals surface area contributed by atoms with Gasteiger partial charge < -0.3 is 10.2 Å². The van der Waals surface area contributed by atoms with Crippen LogP contribution in [0.1, 0.15) is 31.7 Å². The molecule has 2 aromatic carbocycles. The third kappa shape index (κ3) is 5.32. The lowest BCUT2D eigenvalue weighted by Gasteiger charge is -2.18. The van der Waals surface area contributed by atoms with Gasteiger partial charge in [-0.05, 0) is 42.2 Å². The van der Waals surface area contributed by atoms with E-state index < -0.39 is 0 Å². The van der Waals surface area contributed by atoms with E-state index in [9.17, 15) is 4.79 Å². The number of hydrogen-bond donors (Lipinski definition) is 1. The predicted octanol–water partition coefficient (Wildman–Crippen LogP) is 6.17. The lowest BCUT2D eigenvalue weighted by molar-refractivity contribution is -0.116. The monoisotopic (exact) mass is 444 g/mol. The second-order valence-electron chi connectivity index (χ2n) is 7.91. The maximum absolute atomic E-state index is 12.5. The summed E-state index contributed by atoms with van der Waals surface area (Å²) in [5.41, 5.74) is 3.32. The summed E-state index contributed by atoms with van der Waals surface area (Å²) in [6, 6.07) is 20.6. The van der Waals surface area contributed by atoms with Gasteiger partial charge in [0.1, 0.15) is 17.0 Å². The molecule has 4 aromatic rings. The number of carbonyl (C=O) groups excluding carboxylic acids is 1.